The summed E-state index contributed by atoms with van der Waals surface area (Å²) in [5, 5.41) is 0.939. The molecule has 2 aromatic carbocycles. The molecule has 5 nitrogen and oxygen atoms in total. The molecule has 0 saturated carbocycles. The number of carbonyl (C=O) groups excluding carboxylic acids is 1. The number of carbonyl (C=O) groups is 1. The van der Waals surface area contributed by atoms with Gasteiger partial charge in [-0.1, -0.05) is 24.3 Å². The first-order valence-electron chi connectivity index (χ1n) is 7.34. The lowest BCUT2D eigenvalue weighted by atomic mass is 10.0. The van der Waals surface area contributed by atoms with Gasteiger partial charge in [-0.15, -0.1) is 0 Å². The molecule has 0 amide bonds. The molecule has 0 spiro atoms. The van der Waals surface area contributed by atoms with Gasteiger partial charge in [-0.25, -0.2) is 9.97 Å². The largest absolute Gasteiger partial charge is 0.479 e. The molecule has 0 fully saturated rings. The zero-order valence-electron chi connectivity index (χ0n) is 12.8. The number of aromatic nitrogens is 2. The van der Waals surface area contributed by atoms with Crippen LogP contribution in [0.25, 0.3) is 10.9 Å². The summed E-state index contributed by atoms with van der Waals surface area (Å²) in [5.74, 6) is 0.760. The zero-order valence-corrected chi connectivity index (χ0v) is 12.8. The van der Waals surface area contributed by atoms with E-state index in [9.17, 15) is 4.79 Å². The van der Waals surface area contributed by atoms with Crippen molar-refractivity contribution in [2.24, 2.45) is 5.73 Å². The Morgan fingerprint density at radius 1 is 1.13 bits per heavy atom. The normalized spacial score (nSPS) is 10.7. The van der Waals surface area contributed by atoms with E-state index in [4.69, 9.17) is 10.5 Å². The average molecular weight is 307 g/mol. The molecular formula is C18H17N3O2. The Morgan fingerprint density at radius 2 is 1.91 bits per heavy atom. The first-order valence-corrected chi connectivity index (χ1v) is 7.34. The average Bonchev–Trinajstić information content (AvgIpc) is 2.56. The van der Waals surface area contributed by atoms with Crippen molar-refractivity contribution >= 4 is 16.7 Å². The summed E-state index contributed by atoms with van der Waals surface area (Å²) in [5.41, 5.74) is 8.99. The molecule has 0 aliphatic heterocycles. The van der Waals surface area contributed by atoms with E-state index in [0.717, 1.165) is 22.2 Å². The Bertz CT molecular complexity index is 845. The lowest BCUT2D eigenvalue weighted by Crippen LogP contribution is -2.07. The number of hydrogen-bond donors (Lipinski definition) is 1. The lowest BCUT2D eigenvalue weighted by Gasteiger charge is -2.08. The van der Waals surface area contributed by atoms with Gasteiger partial charge in [0, 0.05) is 17.4 Å². The number of hydrogen-bond acceptors (Lipinski definition) is 5. The minimum absolute atomic E-state index is 0.0626. The van der Waals surface area contributed by atoms with Gasteiger partial charge in [0.05, 0.1) is 11.2 Å². The first kappa shape index (κ1) is 15.1. The van der Waals surface area contributed by atoms with E-state index in [0.29, 0.717) is 17.7 Å². The van der Waals surface area contributed by atoms with Crippen molar-refractivity contribution in [3.05, 3.63) is 65.6 Å². The van der Waals surface area contributed by atoms with Gasteiger partial charge >= 0.3 is 0 Å². The molecule has 5 heteroatoms. The molecule has 0 aliphatic carbocycles. The lowest BCUT2D eigenvalue weighted by molar-refractivity contribution is 0.101. The molecule has 0 unspecified atom stereocenters. The number of fused-ring (bicyclic) bond motifs is 1. The smallest absolute Gasteiger partial charge is 0.159 e. The van der Waals surface area contributed by atoms with Crippen molar-refractivity contribution in [1.29, 1.82) is 0 Å². The van der Waals surface area contributed by atoms with Gasteiger partial charge in [-0.3, -0.25) is 10.5 Å². The predicted molar refractivity (Wildman–Crippen MR) is 88.5 cm³/mol. The summed E-state index contributed by atoms with van der Waals surface area (Å²) in [6.07, 6.45) is 2.22. The highest BCUT2D eigenvalue weighted by Gasteiger charge is 2.07. The molecule has 0 atom stereocenters. The fraction of sp³-hybridized carbons (Fsp3) is 0.167. The fourth-order valence-corrected chi connectivity index (χ4v) is 2.47. The Hall–Kier alpha value is -2.79. The van der Waals surface area contributed by atoms with Crippen LogP contribution in [0.3, 0.4) is 0 Å². The summed E-state index contributed by atoms with van der Waals surface area (Å²) in [6.45, 7) is 1.69. The third kappa shape index (κ3) is 3.35. The number of ketones is 1. The van der Waals surface area contributed by atoms with Crippen LogP contribution in [0, 0.1) is 0 Å². The standard InChI is InChI=1S/C18H17N3O2/c1-12(22)14-4-2-13(3-5-14)8-18-16-9-15(23-10-19)6-7-17(16)20-11-21-18/h2-7,9,11H,8,10,19H2,1H3. The Morgan fingerprint density at radius 3 is 2.61 bits per heavy atom. The predicted octanol–water partition coefficient (Wildman–Crippen LogP) is 2.72. The van der Waals surface area contributed by atoms with E-state index in [1.165, 1.54) is 0 Å². The summed E-state index contributed by atoms with van der Waals surface area (Å²) >= 11 is 0. The third-order valence-corrected chi connectivity index (χ3v) is 3.67. The van der Waals surface area contributed by atoms with Crippen LogP contribution in [-0.2, 0) is 6.42 Å². The van der Waals surface area contributed by atoms with Crippen molar-refractivity contribution < 1.29 is 9.53 Å². The van der Waals surface area contributed by atoms with Gasteiger partial charge < -0.3 is 4.74 Å². The van der Waals surface area contributed by atoms with Crippen molar-refractivity contribution in [3.63, 3.8) is 0 Å². The quantitative estimate of drug-likeness (QED) is 0.579. The highest BCUT2D eigenvalue weighted by molar-refractivity contribution is 5.94. The van der Waals surface area contributed by atoms with E-state index in [-0.39, 0.29) is 12.5 Å². The topological polar surface area (TPSA) is 78.1 Å². The molecule has 3 aromatic rings. The fourth-order valence-electron chi connectivity index (χ4n) is 2.47. The number of benzene rings is 2. The van der Waals surface area contributed by atoms with Crippen LogP contribution in [0.15, 0.2) is 48.8 Å². The van der Waals surface area contributed by atoms with Crippen LogP contribution >= 0.6 is 0 Å². The number of ether oxygens (including phenoxy) is 1. The minimum atomic E-state index is 0.0626. The van der Waals surface area contributed by atoms with Crippen LogP contribution in [0.2, 0.25) is 0 Å². The molecule has 116 valence electrons. The monoisotopic (exact) mass is 307 g/mol. The van der Waals surface area contributed by atoms with Crippen molar-refractivity contribution in [3.8, 4) is 5.75 Å². The van der Waals surface area contributed by atoms with Gasteiger partial charge in [0.1, 0.15) is 18.8 Å². The SMILES string of the molecule is CC(=O)c1ccc(Cc2ncnc3ccc(OCN)cc23)cc1. The summed E-state index contributed by atoms with van der Waals surface area (Å²) in [6, 6.07) is 13.2. The molecule has 0 bridgehead atoms. The van der Waals surface area contributed by atoms with Crippen LogP contribution in [-0.4, -0.2) is 22.5 Å². The number of rotatable bonds is 5. The number of nitrogens with two attached hydrogens (primary N) is 1. The zero-order chi connectivity index (χ0) is 16.2. The second kappa shape index (κ2) is 6.54. The second-order valence-electron chi connectivity index (χ2n) is 5.24. The van der Waals surface area contributed by atoms with E-state index in [2.05, 4.69) is 9.97 Å². The second-order valence-corrected chi connectivity index (χ2v) is 5.24. The first-order chi connectivity index (χ1) is 11.2. The van der Waals surface area contributed by atoms with Gasteiger partial charge in [-0.05, 0) is 30.7 Å². The Balaban J connectivity index is 1.95. The van der Waals surface area contributed by atoms with Crippen LogP contribution < -0.4 is 10.5 Å². The maximum Gasteiger partial charge on any atom is 0.159 e. The summed E-state index contributed by atoms with van der Waals surface area (Å²) < 4.78 is 5.35. The van der Waals surface area contributed by atoms with Crippen LogP contribution in [0.1, 0.15) is 28.5 Å². The molecule has 0 saturated heterocycles. The van der Waals surface area contributed by atoms with Gasteiger partial charge in [-0.2, -0.15) is 0 Å². The van der Waals surface area contributed by atoms with Gasteiger partial charge in [0.2, 0.25) is 0 Å². The maximum atomic E-state index is 11.3. The maximum absolute atomic E-state index is 11.3. The molecule has 0 radical (unpaired) electrons. The molecule has 1 heterocycles. The van der Waals surface area contributed by atoms with Gasteiger partial charge in [0.25, 0.3) is 0 Å². The van der Waals surface area contributed by atoms with Crippen LogP contribution in [0.5, 0.6) is 5.75 Å². The molecule has 2 N–H and O–H groups in total. The molecule has 23 heavy (non-hydrogen) atoms. The highest BCUT2D eigenvalue weighted by atomic mass is 16.5. The molecule has 1 aromatic heterocycles. The van der Waals surface area contributed by atoms with Crippen molar-refractivity contribution in [2.45, 2.75) is 13.3 Å². The third-order valence-electron chi connectivity index (χ3n) is 3.67. The van der Waals surface area contributed by atoms with Gasteiger partial charge in [0.15, 0.2) is 5.78 Å². The molecule has 3 rings (SSSR count). The Kier molecular flexibility index (Phi) is 4.30. The highest BCUT2D eigenvalue weighted by Crippen LogP contribution is 2.23. The van der Waals surface area contributed by atoms with E-state index < -0.39 is 0 Å². The van der Waals surface area contributed by atoms with E-state index in [1.807, 2.05) is 42.5 Å². The van der Waals surface area contributed by atoms with E-state index in [1.54, 1.807) is 13.3 Å². The van der Waals surface area contributed by atoms with Crippen molar-refractivity contribution in [2.75, 3.05) is 6.73 Å². The molecular weight excluding hydrogens is 290 g/mol. The molecule has 0 aliphatic rings. The van der Waals surface area contributed by atoms with Crippen molar-refractivity contribution in [1.82, 2.24) is 9.97 Å². The number of Topliss-reactive ketones (excluding diaryl/α,β-unsaturated/α-hetero) is 1. The summed E-state index contributed by atoms with van der Waals surface area (Å²) in [4.78, 5) is 20.0. The summed E-state index contributed by atoms with van der Waals surface area (Å²) in [7, 11) is 0. The Labute approximate surface area is 134 Å². The number of nitrogens with zero attached hydrogens (tertiary/aromatic N) is 2. The van der Waals surface area contributed by atoms with Crippen LogP contribution in [0.4, 0.5) is 0 Å². The van der Waals surface area contributed by atoms with E-state index >= 15 is 0 Å². The minimum Gasteiger partial charge on any atom is -0.479 e.